The molecule has 1 heterocycles. The van der Waals surface area contributed by atoms with Crippen LogP contribution in [0.3, 0.4) is 0 Å². The number of rotatable bonds is 7. The summed E-state index contributed by atoms with van der Waals surface area (Å²) in [5.41, 5.74) is 2.54. The van der Waals surface area contributed by atoms with E-state index in [1.165, 1.54) is 30.8 Å². The third-order valence-electron chi connectivity index (χ3n) is 4.35. The summed E-state index contributed by atoms with van der Waals surface area (Å²) < 4.78 is 5.41. The third kappa shape index (κ3) is 4.81. The summed E-state index contributed by atoms with van der Waals surface area (Å²) >= 11 is 0. The molecule has 3 heteroatoms. The van der Waals surface area contributed by atoms with Gasteiger partial charge in [0.2, 0.25) is 0 Å². The molecule has 0 saturated carbocycles. The molecule has 0 radical (unpaired) electrons. The molecule has 3 nitrogen and oxygen atoms in total. The Labute approximate surface area is 139 Å². The molecule has 122 valence electrons. The number of unbranched alkanes of at least 4 members (excludes halogenated alkanes) is 1. The van der Waals surface area contributed by atoms with Gasteiger partial charge in [-0.2, -0.15) is 0 Å². The maximum absolute atomic E-state index is 5.41. The predicted octanol–water partition coefficient (Wildman–Crippen LogP) is 3.94. The molecule has 1 saturated heterocycles. The lowest BCUT2D eigenvalue weighted by atomic mass is 10.2. The van der Waals surface area contributed by atoms with E-state index in [-0.39, 0.29) is 0 Å². The van der Waals surface area contributed by atoms with Crippen LogP contribution in [-0.4, -0.2) is 44.3 Å². The normalized spacial score (nSPS) is 15.5. The zero-order valence-electron chi connectivity index (χ0n) is 13.7. The Kier molecular flexibility index (Phi) is 6.07. The van der Waals surface area contributed by atoms with Crippen LogP contribution in [0.15, 0.2) is 60.7 Å². The van der Waals surface area contributed by atoms with Gasteiger partial charge >= 0.3 is 0 Å². The lowest BCUT2D eigenvalue weighted by Gasteiger charge is -2.28. The second kappa shape index (κ2) is 8.70. The van der Waals surface area contributed by atoms with E-state index in [1.54, 1.807) is 0 Å². The first kappa shape index (κ1) is 16.0. The minimum absolute atomic E-state index is 0.889. The molecular formula is C20H26N2O. The van der Waals surface area contributed by atoms with Crippen molar-refractivity contribution in [3.63, 3.8) is 0 Å². The van der Waals surface area contributed by atoms with Crippen LogP contribution in [0, 0.1) is 0 Å². The highest BCUT2D eigenvalue weighted by atomic mass is 16.5. The lowest BCUT2D eigenvalue weighted by molar-refractivity contribution is 0.0373. The zero-order chi connectivity index (χ0) is 15.7. The van der Waals surface area contributed by atoms with Gasteiger partial charge in [-0.05, 0) is 43.7 Å². The molecule has 0 aliphatic carbocycles. The van der Waals surface area contributed by atoms with Gasteiger partial charge in [0.25, 0.3) is 0 Å². The van der Waals surface area contributed by atoms with E-state index in [9.17, 15) is 0 Å². The van der Waals surface area contributed by atoms with Crippen molar-refractivity contribution in [3.05, 3.63) is 60.7 Å². The van der Waals surface area contributed by atoms with Crippen LogP contribution in [0.1, 0.15) is 12.8 Å². The molecule has 23 heavy (non-hydrogen) atoms. The van der Waals surface area contributed by atoms with Crippen LogP contribution in [0.4, 0.5) is 11.4 Å². The zero-order valence-corrected chi connectivity index (χ0v) is 13.7. The molecule has 0 N–H and O–H groups in total. The van der Waals surface area contributed by atoms with Gasteiger partial charge in [-0.1, -0.05) is 36.4 Å². The molecule has 0 unspecified atom stereocenters. The minimum atomic E-state index is 0.889. The van der Waals surface area contributed by atoms with Gasteiger partial charge in [0.1, 0.15) is 0 Å². The van der Waals surface area contributed by atoms with Crippen molar-refractivity contribution in [1.82, 2.24) is 4.90 Å². The number of hydrogen-bond acceptors (Lipinski definition) is 3. The highest BCUT2D eigenvalue weighted by molar-refractivity contribution is 5.62. The fraction of sp³-hybridized carbons (Fsp3) is 0.400. The third-order valence-corrected chi connectivity index (χ3v) is 4.35. The van der Waals surface area contributed by atoms with Gasteiger partial charge < -0.3 is 9.64 Å². The van der Waals surface area contributed by atoms with Gasteiger partial charge in [0.15, 0.2) is 0 Å². The van der Waals surface area contributed by atoms with E-state index in [0.717, 1.165) is 32.8 Å². The summed E-state index contributed by atoms with van der Waals surface area (Å²) in [6, 6.07) is 21.3. The molecule has 0 amide bonds. The number of hydrogen-bond donors (Lipinski definition) is 0. The quantitative estimate of drug-likeness (QED) is 0.721. The molecule has 2 aromatic carbocycles. The standard InChI is InChI=1S/C20H26N2O/c1-3-9-19(10-4-1)22(20-11-5-2-6-12-20)14-8-7-13-21-15-17-23-18-16-21/h1-6,9-12H,7-8,13-18H2. The van der Waals surface area contributed by atoms with Crippen molar-refractivity contribution in [1.29, 1.82) is 0 Å². The summed E-state index contributed by atoms with van der Waals surface area (Å²) in [6.45, 7) is 6.18. The van der Waals surface area contributed by atoms with E-state index in [2.05, 4.69) is 70.5 Å². The Morgan fingerprint density at radius 2 is 1.35 bits per heavy atom. The Morgan fingerprint density at radius 1 is 0.783 bits per heavy atom. The minimum Gasteiger partial charge on any atom is -0.379 e. The Bertz CT molecular complexity index is 513. The molecule has 0 spiro atoms. The van der Waals surface area contributed by atoms with E-state index in [4.69, 9.17) is 4.74 Å². The van der Waals surface area contributed by atoms with Crippen LogP contribution < -0.4 is 4.90 Å². The van der Waals surface area contributed by atoms with Gasteiger partial charge in [-0.15, -0.1) is 0 Å². The van der Waals surface area contributed by atoms with E-state index in [0.29, 0.717) is 0 Å². The van der Waals surface area contributed by atoms with Crippen molar-refractivity contribution in [2.75, 3.05) is 44.3 Å². The maximum Gasteiger partial charge on any atom is 0.0594 e. The monoisotopic (exact) mass is 310 g/mol. The number of para-hydroxylation sites is 2. The second-order valence-corrected chi connectivity index (χ2v) is 5.98. The summed E-state index contributed by atoms with van der Waals surface area (Å²) in [6.07, 6.45) is 2.43. The number of anilines is 2. The summed E-state index contributed by atoms with van der Waals surface area (Å²) in [4.78, 5) is 4.93. The first-order chi connectivity index (χ1) is 11.4. The highest BCUT2D eigenvalue weighted by Crippen LogP contribution is 2.25. The van der Waals surface area contributed by atoms with Gasteiger partial charge in [-0.25, -0.2) is 0 Å². The van der Waals surface area contributed by atoms with Gasteiger partial charge in [-0.3, -0.25) is 4.90 Å². The van der Waals surface area contributed by atoms with E-state index >= 15 is 0 Å². The Hall–Kier alpha value is -1.84. The van der Waals surface area contributed by atoms with Crippen molar-refractivity contribution >= 4 is 11.4 Å². The molecule has 0 atom stereocenters. The molecule has 1 aliphatic rings. The molecule has 2 aromatic rings. The number of benzene rings is 2. The fourth-order valence-corrected chi connectivity index (χ4v) is 3.05. The molecular weight excluding hydrogens is 284 g/mol. The Morgan fingerprint density at radius 3 is 1.91 bits per heavy atom. The molecule has 0 aromatic heterocycles. The van der Waals surface area contributed by atoms with Gasteiger partial charge in [0.05, 0.1) is 13.2 Å². The molecule has 3 rings (SSSR count). The first-order valence-corrected chi connectivity index (χ1v) is 8.61. The lowest BCUT2D eigenvalue weighted by Crippen LogP contribution is -2.37. The highest BCUT2D eigenvalue weighted by Gasteiger charge is 2.11. The van der Waals surface area contributed by atoms with E-state index < -0.39 is 0 Å². The summed E-state index contributed by atoms with van der Waals surface area (Å²) in [5.74, 6) is 0. The Balaban J connectivity index is 1.56. The van der Waals surface area contributed by atoms with Crippen molar-refractivity contribution in [2.45, 2.75) is 12.8 Å². The van der Waals surface area contributed by atoms with Crippen LogP contribution in [0.25, 0.3) is 0 Å². The van der Waals surface area contributed by atoms with Crippen LogP contribution in [0.2, 0.25) is 0 Å². The summed E-state index contributed by atoms with van der Waals surface area (Å²) in [7, 11) is 0. The van der Waals surface area contributed by atoms with Crippen LogP contribution >= 0.6 is 0 Å². The largest absolute Gasteiger partial charge is 0.379 e. The molecule has 1 fully saturated rings. The first-order valence-electron chi connectivity index (χ1n) is 8.61. The maximum atomic E-state index is 5.41. The van der Waals surface area contributed by atoms with Crippen molar-refractivity contribution in [2.24, 2.45) is 0 Å². The van der Waals surface area contributed by atoms with E-state index in [1.807, 2.05) is 0 Å². The topological polar surface area (TPSA) is 15.7 Å². The van der Waals surface area contributed by atoms with Crippen molar-refractivity contribution in [3.8, 4) is 0 Å². The number of nitrogens with zero attached hydrogens (tertiary/aromatic N) is 2. The smallest absolute Gasteiger partial charge is 0.0594 e. The average Bonchev–Trinajstić information content (AvgIpc) is 2.64. The van der Waals surface area contributed by atoms with Gasteiger partial charge in [0, 0.05) is 31.0 Å². The summed E-state index contributed by atoms with van der Waals surface area (Å²) in [5, 5.41) is 0. The SMILES string of the molecule is c1ccc(N(CCCCN2CCOCC2)c2ccccc2)cc1. The second-order valence-electron chi connectivity index (χ2n) is 5.98. The number of morpholine rings is 1. The fourth-order valence-electron chi connectivity index (χ4n) is 3.05. The molecule has 0 bridgehead atoms. The average molecular weight is 310 g/mol. The van der Waals surface area contributed by atoms with Crippen molar-refractivity contribution < 1.29 is 4.74 Å². The molecule has 1 aliphatic heterocycles. The predicted molar refractivity (Wildman–Crippen MR) is 96.4 cm³/mol. The van der Waals surface area contributed by atoms with Crippen LogP contribution in [0.5, 0.6) is 0 Å². The number of ether oxygens (including phenoxy) is 1. The van der Waals surface area contributed by atoms with Crippen LogP contribution in [-0.2, 0) is 4.74 Å².